The van der Waals surface area contributed by atoms with Crippen LogP contribution in [0.5, 0.6) is 0 Å². The fraction of sp³-hybridized carbons (Fsp3) is 0.857. The molecule has 1 N–H and O–H groups in total. The molecule has 1 fully saturated rings. The van der Waals surface area contributed by atoms with E-state index in [0.29, 0.717) is 0 Å². The van der Waals surface area contributed by atoms with Gasteiger partial charge in [-0.05, 0) is 19.3 Å². The summed E-state index contributed by atoms with van der Waals surface area (Å²) in [7, 11) is 1.71. The summed E-state index contributed by atoms with van der Waals surface area (Å²) in [5.41, 5.74) is 0.0503. The molecule has 0 bridgehead atoms. The minimum Gasteiger partial charge on any atom is -0.359 e. The van der Waals surface area contributed by atoms with Gasteiger partial charge in [0.15, 0.2) is 0 Å². The highest BCUT2D eigenvalue weighted by Gasteiger charge is 2.47. The number of hydrogen-bond donors (Lipinski definition) is 1. The first kappa shape index (κ1) is 6.59. The Morgan fingerprint density at radius 3 is 2.33 bits per heavy atom. The molecule has 0 heterocycles. The van der Waals surface area contributed by atoms with Gasteiger partial charge in [-0.15, -0.1) is 0 Å². The van der Waals surface area contributed by atoms with E-state index >= 15 is 0 Å². The van der Waals surface area contributed by atoms with E-state index in [0.717, 1.165) is 19.3 Å². The normalized spacial score (nSPS) is 21.1. The lowest BCUT2D eigenvalue weighted by molar-refractivity contribution is -0.125. The Balaban J connectivity index is 2.49. The molecule has 2 heteroatoms. The third-order valence-corrected chi connectivity index (χ3v) is 2.24. The highest BCUT2D eigenvalue weighted by molar-refractivity contribution is 5.84. The summed E-state index contributed by atoms with van der Waals surface area (Å²) in [6, 6.07) is 0. The average Bonchev–Trinajstić information content (AvgIpc) is 2.66. The Kier molecular flexibility index (Phi) is 1.47. The summed E-state index contributed by atoms with van der Waals surface area (Å²) in [5.74, 6) is 0.227. The summed E-state index contributed by atoms with van der Waals surface area (Å²) in [5, 5.41) is 2.68. The van der Waals surface area contributed by atoms with Crippen molar-refractivity contribution >= 4 is 5.91 Å². The van der Waals surface area contributed by atoms with Crippen molar-refractivity contribution in [2.75, 3.05) is 7.05 Å². The quantitative estimate of drug-likeness (QED) is 0.587. The second-order valence-electron chi connectivity index (χ2n) is 2.71. The maximum absolute atomic E-state index is 11.0. The van der Waals surface area contributed by atoms with Crippen LogP contribution in [0.1, 0.15) is 26.2 Å². The van der Waals surface area contributed by atoms with Crippen LogP contribution < -0.4 is 5.32 Å². The number of carbonyl (C=O) groups excluding carboxylic acids is 1. The number of nitrogens with one attached hydrogen (secondary N) is 1. The van der Waals surface area contributed by atoms with Crippen LogP contribution >= 0.6 is 0 Å². The van der Waals surface area contributed by atoms with Gasteiger partial charge in [-0.25, -0.2) is 0 Å². The maximum Gasteiger partial charge on any atom is 0.225 e. The van der Waals surface area contributed by atoms with E-state index in [1.165, 1.54) is 0 Å². The first-order valence-corrected chi connectivity index (χ1v) is 3.47. The second-order valence-corrected chi connectivity index (χ2v) is 2.71. The van der Waals surface area contributed by atoms with Crippen LogP contribution in [0, 0.1) is 5.41 Å². The molecule has 1 rings (SSSR count). The third-order valence-electron chi connectivity index (χ3n) is 2.24. The summed E-state index contributed by atoms with van der Waals surface area (Å²) >= 11 is 0. The highest BCUT2D eigenvalue weighted by Crippen LogP contribution is 2.48. The van der Waals surface area contributed by atoms with E-state index in [2.05, 4.69) is 12.2 Å². The molecular weight excluding hydrogens is 114 g/mol. The van der Waals surface area contributed by atoms with Gasteiger partial charge in [0.05, 0.1) is 0 Å². The van der Waals surface area contributed by atoms with E-state index < -0.39 is 0 Å². The number of rotatable bonds is 2. The fourth-order valence-electron chi connectivity index (χ4n) is 1.16. The van der Waals surface area contributed by atoms with Crippen LogP contribution in [0.2, 0.25) is 0 Å². The predicted molar refractivity (Wildman–Crippen MR) is 36.0 cm³/mol. The molecule has 0 radical (unpaired) electrons. The topological polar surface area (TPSA) is 29.1 Å². The van der Waals surface area contributed by atoms with Gasteiger partial charge in [0.1, 0.15) is 0 Å². The van der Waals surface area contributed by atoms with E-state index in [9.17, 15) is 4.79 Å². The highest BCUT2D eigenvalue weighted by atomic mass is 16.2. The Hall–Kier alpha value is -0.530. The summed E-state index contributed by atoms with van der Waals surface area (Å²) in [4.78, 5) is 11.0. The van der Waals surface area contributed by atoms with Gasteiger partial charge in [0, 0.05) is 12.5 Å². The average molecular weight is 127 g/mol. The molecule has 1 aliphatic carbocycles. The van der Waals surface area contributed by atoms with E-state index in [-0.39, 0.29) is 11.3 Å². The van der Waals surface area contributed by atoms with Crippen molar-refractivity contribution in [3.63, 3.8) is 0 Å². The summed E-state index contributed by atoms with van der Waals surface area (Å²) < 4.78 is 0. The minimum atomic E-state index is 0.0503. The van der Waals surface area contributed by atoms with Crippen molar-refractivity contribution in [3.05, 3.63) is 0 Å². The molecule has 1 saturated carbocycles. The molecule has 0 atom stereocenters. The SMILES string of the molecule is CCC1(C(=O)NC)CC1. The molecule has 9 heavy (non-hydrogen) atoms. The van der Waals surface area contributed by atoms with Crippen molar-refractivity contribution in [2.45, 2.75) is 26.2 Å². The molecule has 52 valence electrons. The zero-order valence-electron chi connectivity index (χ0n) is 6.03. The smallest absolute Gasteiger partial charge is 0.225 e. The monoisotopic (exact) mass is 127 g/mol. The van der Waals surface area contributed by atoms with Crippen LogP contribution in [0.3, 0.4) is 0 Å². The second kappa shape index (κ2) is 2.01. The van der Waals surface area contributed by atoms with Crippen LogP contribution in [0.4, 0.5) is 0 Å². The zero-order valence-corrected chi connectivity index (χ0v) is 6.03. The molecule has 1 aliphatic rings. The first-order valence-electron chi connectivity index (χ1n) is 3.47. The standard InChI is InChI=1S/C7H13NO/c1-3-7(4-5-7)6(9)8-2/h3-5H2,1-2H3,(H,8,9). The summed E-state index contributed by atoms with van der Waals surface area (Å²) in [6.45, 7) is 2.07. The first-order chi connectivity index (χ1) is 4.25. The van der Waals surface area contributed by atoms with E-state index in [1.54, 1.807) is 7.05 Å². The van der Waals surface area contributed by atoms with Gasteiger partial charge >= 0.3 is 0 Å². The molecular formula is C7H13NO. The molecule has 0 aliphatic heterocycles. The van der Waals surface area contributed by atoms with Gasteiger partial charge < -0.3 is 5.32 Å². The largest absolute Gasteiger partial charge is 0.359 e. The van der Waals surface area contributed by atoms with Crippen LogP contribution in [0.15, 0.2) is 0 Å². The number of amides is 1. The minimum absolute atomic E-state index is 0.0503. The molecule has 0 aromatic heterocycles. The van der Waals surface area contributed by atoms with Gasteiger partial charge in [-0.1, -0.05) is 6.92 Å². The fourth-order valence-corrected chi connectivity index (χ4v) is 1.16. The summed E-state index contributed by atoms with van der Waals surface area (Å²) in [6.07, 6.45) is 3.17. The van der Waals surface area contributed by atoms with E-state index in [4.69, 9.17) is 0 Å². The van der Waals surface area contributed by atoms with Crippen LogP contribution in [-0.4, -0.2) is 13.0 Å². The Labute approximate surface area is 55.6 Å². The Morgan fingerprint density at radius 2 is 2.22 bits per heavy atom. The van der Waals surface area contributed by atoms with Crippen molar-refractivity contribution in [1.29, 1.82) is 0 Å². The zero-order chi connectivity index (χ0) is 6.91. The van der Waals surface area contributed by atoms with Crippen LogP contribution in [0.25, 0.3) is 0 Å². The lowest BCUT2D eigenvalue weighted by atomic mass is 10.0. The van der Waals surface area contributed by atoms with Crippen molar-refractivity contribution < 1.29 is 4.79 Å². The van der Waals surface area contributed by atoms with Crippen molar-refractivity contribution in [2.24, 2.45) is 5.41 Å². The predicted octanol–water partition coefficient (Wildman–Crippen LogP) is 0.923. The van der Waals surface area contributed by atoms with Crippen molar-refractivity contribution in [3.8, 4) is 0 Å². The molecule has 0 unspecified atom stereocenters. The molecule has 0 saturated heterocycles. The molecule has 2 nitrogen and oxygen atoms in total. The Bertz CT molecular complexity index is 127. The van der Waals surface area contributed by atoms with Gasteiger partial charge in [0.2, 0.25) is 5.91 Å². The molecule has 0 aromatic carbocycles. The number of carbonyl (C=O) groups is 1. The maximum atomic E-state index is 11.0. The lowest BCUT2D eigenvalue weighted by Gasteiger charge is -2.08. The van der Waals surface area contributed by atoms with Gasteiger partial charge in [-0.2, -0.15) is 0 Å². The van der Waals surface area contributed by atoms with Crippen LogP contribution in [-0.2, 0) is 4.79 Å². The molecule has 0 aromatic rings. The van der Waals surface area contributed by atoms with Crippen molar-refractivity contribution in [1.82, 2.24) is 5.32 Å². The third kappa shape index (κ3) is 0.934. The van der Waals surface area contributed by atoms with E-state index in [1.807, 2.05) is 0 Å². The number of hydrogen-bond acceptors (Lipinski definition) is 1. The molecule has 1 amide bonds. The van der Waals surface area contributed by atoms with Gasteiger partial charge in [0.25, 0.3) is 0 Å². The molecule has 0 spiro atoms. The Morgan fingerprint density at radius 1 is 1.67 bits per heavy atom. The lowest BCUT2D eigenvalue weighted by Crippen LogP contribution is -2.27. The van der Waals surface area contributed by atoms with Gasteiger partial charge in [-0.3, -0.25) is 4.79 Å².